The molecule has 1 N–H and O–H groups in total. The molecule has 4 rings (SSSR count). The van der Waals surface area contributed by atoms with Gasteiger partial charge in [-0.15, -0.1) is 6.58 Å². The molecule has 0 fully saturated rings. The van der Waals surface area contributed by atoms with Crippen molar-refractivity contribution < 1.29 is 14.0 Å². The number of aromatic nitrogens is 2. The van der Waals surface area contributed by atoms with Gasteiger partial charge in [0.2, 0.25) is 11.9 Å². The lowest BCUT2D eigenvalue weighted by atomic mass is 10.2. The number of aryl methyl sites for hydroxylation is 1. The summed E-state index contributed by atoms with van der Waals surface area (Å²) in [5, 5.41) is 2.84. The van der Waals surface area contributed by atoms with Gasteiger partial charge < -0.3 is 4.90 Å². The zero-order chi connectivity index (χ0) is 24.8. The van der Waals surface area contributed by atoms with Crippen molar-refractivity contribution in [3.63, 3.8) is 0 Å². The van der Waals surface area contributed by atoms with Crippen LogP contribution in [0, 0.1) is 12.7 Å². The van der Waals surface area contributed by atoms with E-state index in [1.807, 2.05) is 67.7 Å². The van der Waals surface area contributed by atoms with Gasteiger partial charge >= 0.3 is 0 Å². The first-order valence-corrected chi connectivity index (χ1v) is 11.1. The van der Waals surface area contributed by atoms with Crippen LogP contribution in [-0.4, -0.2) is 39.4 Å². The highest BCUT2D eigenvalue weighted by molar-refractivity contribution is 5.99. The third kappa shape index (κ3) is 5.70. The van der Waals surface area contributed by atoms with Gasteiger partial charge in [-0.25, -0.2) is 9.37 Å². The number of benzene rings is 3. The van der Waals surface area contributed by atoms with Crippen LogP contribution in [0.1, 0.15) is 15.9 Å². The van der Waals surface area contributed by atoms with Gasteiger partial charge in [0.25, 0.3) is 5.91 Å². The second-order valence-electron chi connectivity index (χ2n) is 8.05. The van der Waals surface area contributed by atoms with Gasteiger partial charge in [0.1, 0.15) is 12.4 Å². The van der Waals surface area contributed by atoms with Gasteiger partial charge in [0.15, 0.2) is 0 Å². The van der Waals surface area contributed by atoms with Crippen molar-refractivity contribution in [2.75, 3.05) is 18.4 Å². The molecular formula is C28H25FN4O2. The standard InChI is InChI=1S/C28H25FN4O2/c1-3-17-32(27(35)22-11-13-23(29)14-12-22)19-26(34)31-28-30-25(21-7-5-4-6-8-21)18-33(28)24-15-9-20(2)10-16-24/h3-16,18H,1,17,19H2,2H3,(H,30,31,34). The normalized spacial score (nSPS) is 10.6. The molecule has 0 aliphatic rings. The number of rotatable bonds is 8. The molecule has 0 spiro atoms. The smallest absolute Gasteiger partial charge is 0.254 e. The number of amides is 2. The van der Waals surface area contributed by atoms with Crippen LogP contribution in [0.3, 0.4) is 0 Å². The molecule has 0 aliphatic heterocycles. The number of hydrogen-bond donors (Lipinski definition) is 1. The SMILES string of the molecule is C=CCN(CC(=O)Nc1nc(-c2ccccc2)cn1-c1ccc(C)cc1)C(=O)c1ccc(F)cc1. The van der Waals surface area contributed by atoms with E-state index in [1.165, 1.54) is 35.2 Å². The van der Waals surface area contributed by atoms with E-state index < -0.39 is 17.6 Å². The van der Waals surface area contributed by atoms with E-state index in [9.17, 15) is 14.0 Å². The van der Waals surface area contributed by atoms with Crippen molar-refractivity contribution in [1.82, 2.24) is 14.5 Å². The Morgan fingerprint density at radius 2 is 1.71 bits per heavy atom. The fourth-order valence-corrected chi connectivity index (χ4v) is 3.61. The Morgan fingerprint density at radius 1 is 1.03 bits per heavy atom. The Bertz CT molecular complexity index is 1330. The van der Waals surface area contributed by atoms with Gasteiger partial charge in [0.05, 0.1) is 5.69 Å². The Hall–Kier alpha value is -4.52. The molecule has 1 aromatic heterocycles. The van der Waals surface area contributed by atoms with Crippen molar-refractivity contribution >= 4 is 17.8 Å². The minimum Gasteiger partial charge on any atom is -0.326 e. The second-order valence-corrected chi connectivity index (χ2v) is 8.05. The summed E-state index contributed by atoms with van der Waals surface area (Å²) in [5.74, 6) is -0.912. The quantitative estimate of drug-likeness (QED) is 0.359. The van der Waals surface area contributed by atoms with Crippen LogP contribution in [0.4, 0.5) is 10.3 Å². The van der Waals surface area contributed by atoms with Gasteiger partial charge in [-0.3, -0.25) is 19.5 Å². The minimum absolute atomic E-state index is 0.158. The molecule has 2 amide bonds. The molecule has 176 valence electrons. The third-order valence-corrected chi connectivity index (χ3v) is 5.40. The number of imidazole rings is 1. The van der Waals surface area contributed by atoms with E-state index in [0.29, 0.717) is 11.6 Å². The van der Waals surface area contributed by atoms with Crippen molar-refractivity contribution in [1.29, 1.82) is 0 Å². The Kier molecular flexibility index (Phi) is 7.16. The van der Waals surface area contributed by atoms with Gasteiger partial charge in [0, 0.05) is 29.6 Å². The molecule has 4 aromatic rings. The van der Waals surface area contributed by atoms with Crippen LogP contribution in [-0.2, 0) is 4.79 Å². The summed E-state index contributed by atoms with van der Waals surface area (Å²) in [5.41, 5.74) is 3.85. The fraction of sp³-hybridized carbons (Fsp3) is 0.107. The van der Waals surface area contributed by atoms with Crippen molar-refractivity contribution in [2.24, 2.45) is 0 Å². The summed E-state index contributed by atoms with van der Waals surface area (Å²) in [7, 11) is 0. The first-order chi connectivity index (χ1) is 16.9. The minimum atomic E-state index is -0.438. The molecule has 0 saturated carbocycles. The van der Waals surface area contributed by atoms with Crippen molar-refractivity contribution in [3.8, 4) is 16.9 Å². The Labute approximate surface area is 203 Å². The third-order valence-electron chi connectivity index (χ3n) is 5.40. The van der Waals surface area contributed by atoms with Crippen LogP contribution in [0.5, 0.6) is 0 Å². The van der Waals surface area contributed by atoms with E-state index in [0.717, 1.165) is 16.8 Å². The molecule has 0 saturated heterocycles. The number of anilines is 1. The lowest BCUT2D eigenvalue weighted by Gasteiger charge is -2.20. The monoisotopic (exact) mass is 468 g/mol. The summed E-state index contributed by atoms with van der Waals surface area (Å²) < 4.78 is 15.1. The summed E-state index contributed by atoms with van der Waals surface area (Å²) in [6.45, 7) is 5.62. The zero-order valence-electron chi connectivity index (χ0n) is 19.3. The number of hydrogen-bond acceptors (Lipinski definition) is 3. The molecular weight excluding hydrogens is 443 g/mol. The lowest BCUT2D eigenvalue weighted by Crippen LogP contribution is -2.38. The lowest BCUT2D eigenvalue weighted by molar-refractivity contribution is -0.116. The molecule has 0 unspecified atom stereocenters. The molecule has 0 radical (unpaired) electrons. The highest BCUT2D eigenvalue weighted by atomic mass is 19.1. The van der Waals surface area contributed by atoms with Gasteiger partial charge in [-0.2, -0.15) is 0 Å². The average Bonchev–Trinajstić information content (AvgIpc) is 3.28. The molecule has 35 heavy (non-hydrogen) atoms. The van der Waals surface area contributed by atoms with Gasteiger partial charge in [-0.1, -0.05) is 54.1 Å². The number of nitrogens with one attached hydrogen (secondary N) is 1. The molecule has 6 nitrogen and oxygen atoms in total. The largest absolute Gasteiger partial charge is 0.326 e. The first kappa shape index (κ1) is 23.6. The summed E-state index contributed by atoms with van der Waals surface area (Å²) in [4.78, 5) is 31.9. The molecule has 0 atom stereocenters. The Balaban J connectivity index is 1.59. The average molecular weight is 469 g/mol. The summed E-state index contributed by atoms with van der Waals surface area (Å²) in [6, 6.07) is 22.7. The number of carbonyl (C=O) groups excluding carboxylic acids is 2. The fourth-order valence-electron chi connectivity index (χ4n) is 3.61. The van der Waals surface area contributed by atoms with E-state index >= 15 is 0 Å². The number of halogens is 1. The highest BCUT2D eigenvalue weighted by Gasteiger charge is 2.20. The maximum atomic E-state index is 13.3. The maximum Gasteiger partial charge on any atom is 0.254 e. The van der Waals surface area contributed by atoms with Gasteiger partial charge in [-0.05, 0) is 43.3 Å². The highest BCUT2D eigenvalue weighted by Crippen LogP contribution is 2.24. The molecule has 0 aliphatic carbocycles. The topological polar surface area (TPSA) is 67.2 Å². The second kappa shape index (κ2) is 10.6. The maximum absolute atomic E-state index is 13.3. The van der Waals surface area contributed by atoms with Crippen LogP contribution in [0.2, 0.25) is 0 Å². The van der Waals surface area contributed by atoms with Crippen LogP contribution in [0.15, 0.2) is 97.7 Å². The number of carbonyl (C=O) groups is 2. The first-order valence-electron chi connectivity index (χ1n) is 11.1. The van der Waals surface area contributed by atoms with E-state index in [4.69, 9.17) is 0 Å². The van der Waals surface area contributed by atoms with Crippen molar-refractivity contribution in [3.05, 3.63) is 115 Å². The Morgan fingerprint density at radius 3 is 2.37 bits per heavy atom. The van der Waals surface area contributed by atoms with Crippen LogP contribution < -0.4 is 5.32 Å². The number of nitrogens with zero attached hydrogens (tertiary/aromatic N) is 3. The summed E-state index contributed by atoms with van der Waals surface area (Å²) >= 11 is 0. The summed E-state index contributed by atoms with van der Waals surface area (Å²) in [6.07, 6.45) is 3.40. The molecule has 3 aromatic carbocycles. The molecule has 1 heterocycles. The van der Waals surface area contributed by atoms with E-state index in [2.05, 4.69) is 16.9 Å². The van der Waals surface area contributed by atoms with Crippen LogP contribution in [0.25, 0.3) is 16.9 Å². The van der Waals surface area contributed by atoms with Crippen molar-refractivity contribution in [2.45, 2.75) is 6.92 Å². The van der Waals surface area contributed by atoms with E-state index in [1.54, 1.807) is 4.57 Å². The van der Waals surface area contributed by atoms with E-state index in [-0.39, 0.29) is 18.7 Å². The molecule has 0 bridgehead atoms. The van der Waals surface area contributed by atoms with Crippen LogP contribution >= 0.6 is 0 Å². The molecule has 7 heteroatoms. The predicted molar refractivity (Wildman–Crippen MR) is 135 cm³/mol. The zero-order valence-corrected chi connectivity index (χ0v) is 19.3. The predicted octanol–water partition coefficient (Wildman–Crippen LogP) is 5.25.